The van der Waals surface area contributed by atoms with Crippen LogP contribution in [0.25, 0.3) is 0 Å². The van der Waals surface area contributed by atoms with Crippen molar-refractivity contribution in [1.29, 1.82) is 0 Å². The summed E-state index contributed by atoms with van der Waals surface area (Å²) in [5.74, 6) is -0.676. The second kappa shape index (κ2) is 7.88. The lowest BCUT2D eigenvalue weighted by Gasteiger charge is -2.27. The number of hydrogen-bond donors (Lipinski definition) is 1. The molecule has 112 valence electrons. The Morgan fingerprint density at radius 1 is 1.16 bits per heavy atom. The maximum absolute atomic E-state index is 11.0. The average molecular weight is 269 g/mol. The van der Waals surface area contributed by atoms with Gasteiger partial charge in [0.1, 0.15) is 0 Å². The molecule has 1 aliphatic rings. The maximum atomic E-state index is 11.0. The van der Waals surface area contributed by atoms with Gasteiger partial charge in [0.2, 0.25) is 0 Å². The Morgan fingerprint density at radius 2 is 1.74 bits per heavy atom. The minimum absolute atomic E-state index is 0.569. The Hall–Kier alpha value is -0.570. The van der Waals surface area contributed by atoms with E-state index in [0.29, 0.717) is 0 Å². The van der Waals surface area contributed by atoms with Crippen molar-refractivity contribution in [3.05, 3.63) is 0 Å². The second-order valence-electron chi connectivity index (χ2n) is 6.77. The van der Waals surface area contributed by atoms with Crippen LogP contribution in [0.3, 0.4) is 0 Å². The van der Waals surface area contributed by atoms with E-state index in [9.17, 15) is 4.79 Å². The summed E-state index contributed by atoms with van der Waals surface area (Å²) in [6.45, 7) is 4.76. The van der Waals surface area contributed by atoms with Gasteiger partial charge in [0, 0.05) is 6.04 Å². The highest BCUT2D eigenvalue weighted by Gasteiger charge is 2.26. The lowest BCUT2D eigenvalue weighted by atomic mass is 9.87. The molecule has 3 heteroatoms. The van der Waals surface area contributed by atoms with Crippen LogP contribution in [0.2, 0.25) is 0 Å². The zero-order valence-corrected chi connectivity index (χ0v) is 13.0. The smallest absolute Gasteiger partial charge is 0.309 e. The maximum Gasteiger partial charge on any atom is 0.309 e. The van der Waals surface area contributed by atoms with Crippen LogP contribution in [0.5, 0.6) is 0 Å². The fourth-order valence-corrected chi connectivity index (χ4v) is 2.92. The topological polar surface area (TPSA) is 40.5 Å². The number of carbonyl (C=O) groups is 1. The minimum atomic E-state index is -0.676. The van der Waals surface area contributed by atoms with Gasteiger partial charge in [-0.1, -0.05) is 32.1 Å². The Morgan fingerprint density at radius 3 is 2.26 bits per heavy atom. The number of carboxylic acids is 1. The number of hydrogen-bond acceptors (Lipinski definition) is 2. The molecule has 0 atom stereocenters. The molecule has 0 bridgehead atoms. The van der Waals surface area contributed by atoms with E-state index >= 15 is 0 Å². The van der Waals surface area contributed by atoms with Gasteiger partial charge in [-0.25, -0.2) is 0 Å². The predicted octanol–water partition coefficient (Wildman–Crippen LogP) is 3.92. The molecule has 1 aliphatic carbocycles. The van der Waals surface area contributed by atoms with E-state index in [1.807, 2.05) is 13.8 Å². The van der Waals surface area contributed by atoms with Crippen LogP contribution in [0.4, 0.5) is 0 Å². The summed E-state index contributed by atoms with van der Waals surface area (Å²) in [6.07, 6.45) is 11.1. The normalized spacial score (nSPS) is 18.5. The molecule has 0 radical (unpaired) electrons. The molecule has 0 unspecified atom stereocenters. The molecular formula is C16H31NO2. The van der Waals surface area contributed by atoms with Crippen molar-refractivity contribution < 1.29 is 9.90 Å². The molecule has 1 fully saturated rings. The van der Waals surface area contributed by atoms with E-state index in [2.05, 4.69) is 11.9 Å². The Balaban J connectivity index is 2.19. The quantitative estimate of drug-likeness (QED) is 0.562. The van der Waals surface area contributed by atoms with Gasteiger partial charge >= 0.3 is 5.97 Å². The molecular weight excluding hydrogens is 238 g/mol. The van der Waals surface area contributed by atoms with Crippen molar-refractivity contribution >= 4 is 5.97 Å². The van der Waals surface area contributed by atoms with Gasteiger partial charge in [-0.15, -0.1) is 0 Å². The summed E-state index contributed by atoms with van der Waals surface area (Å²) in [7, 11) is 2.23. The molecule has 0 aromatic carbocycles. The van der Waals surface area contributed by atoms with E-state index in [-0.39, 0.29) is 0 Å². The van der Waals surface area contributed by atoms with Crippen molar-refractivity contribution in [2.75, 3.05) is 13.6 Å². The lowest BCUT2D eigenvalue weighted by Crippen LogP contribution is -2.32. The van der Waals surface area contributed by atoms with Gasteiger partial charge in [-0.05, 0) is 53.1 Å². The van der Waals surface area contributed by atoms with Crippen molar-refractivity contribution in [2.45, 2.75) is 77.7 Å². The fourth-order valence-electron chi connectivity index (χ4n) is 2.92. The minimum Gasteiger partial charge on any atom is -0.481 e. The monoisotopic (exact) mass is 269 g/mol. The van der Waals surface area contributed by atoms with Crippen LogP contribution in [-0.2, 0) is 4.79 Å². The third-order valence-electron chi connectivity index (χ3n) is 4.59. The second-order valence-corrected chi connectivity index (χ2v) is 6.77. The largest absolute Gasteiger partial charge is 0.481 e. The summed E-state index contributed by atoms with van der Waals surface area (Å²) < 4.78 is 0. The molecule has 1 N–H and O–H groups in total. The summed E-state index contributed by atoms with van der Waals surface area (Å²) in [4.78, 5) is 13.5. The van der Waals surface area contributed by atoms with Gasteiger partial charge in [-0.2, -0.15) is 0 Å². The number of nitrogens with zero attached hydrogens (tertiary/aromatic N) is 1. The molecule has 1 rings (SSSR count). The predicted molar refractivity (Wildman–Crippen MR) is 79.4 cm³/mol. The van der Waals surface area contributed by atoms with Crippen LogP contribution in [0, 0.1) is 5.41 Å². The van der Waals surface area contributed by atoms with E-state index in [1.54, 1.807) is 0 Å². The Labute approximate surface area is 118 Å². The summed E-state index contributed by atoms with van der Waals surface area (Å²) >= 11 is 0. The molecule has 0 heterocycles. The highest BCUT2D eigenvalue weighted by atomic mass is 16.4. The van der Waals surface area contributed by atoms with E-state index < -0.39 is 11.4 Å². The molecule has 0 amide bonds. The fraction of sp³-hybridized carbons (Fsp3) is 0.938. The molecule has 0 aliphatic heterocycles. The van der Waals surface area contributed by atoms with Gasteiger partial charge in [-0.3, -0.25) is 4.79 Å². The molecule has 0 aromatic rings. The number of aliphatic carboxylic acids is 1. The van der Waals surface area contributed by atoms with E-state index in [0.717, 1.165) is 31.8 Å². The van der Waals surface area contributed by atoms with Crippen LogP contribution in [-0.4, -0.2) is 35.6 Å². The van der Waals surface area contributed by atoms with Gasteiger partial charge in [0.15, 0.2) is 0 Å². The third kappa shape index (κ3) is 5.94. The first kappa shape index (κ1) is 16.5. The molecule has 0 saturated heterocycles. The molecule has 19 heavy (non-hydrogen) atoms. The first-order valence-corrected chi connectivity index (χ1v) is 7.87. The summed E-state index contributed by atoms with van der Waals surface area (Å²) in [5, 5.41) is 9.07. The first-order valence-electron chi connectivity index (χ1n) is 7.87. The third-order valence-corrected chi connectivity index (χ3v) is 4.59. The standard InChI is InChI=1S/C16H31NO2/c1-16(2,15(18)19)12-8-9-13-17(3)14-10-6-4-5-7-11-14/h14H,4-13H2,1-3H3,(H,18,19). The summed E-state index contributed by atoms with van der Waals surface area (Å²) in [5.41, 5.74) is -0.569. The van der Waals surface area contributed by atoms with Crippen LogP contribution in [0.1, 0.15) is 71.6 Å². The highest BCUT2D eigenvalue weighted by molar-refractivity contribution is 5.73. The van der Waals surface area contributed by atoms with E-state index in [4.69, 9.17) is 5.11 Å². The van der Waals surface area contributed by atoms with Gasteiger partial charge < -0.3 is 10.0 Å². The first-order chi connectivity index (χ1) is 8.93. The van der Waals surface area contributed by atoms with Crippen LogP contribution in [0.15, 0.2) is 0 Å². The molecule has 1 saturated carbocycles. The van der Waals surface area contributed by atoms with Gasteiger partial charge in [0.05, 0.1) is 5.41 Å². The zero-order valence-electron chi connectivity index (χ0n) is 13.0. The van der Waals surface area contributed by atoms with Crippen LogP contribution >= 0.6 is 0 Å². The SMILES string of the molecule is CN(CCCCC(C)(C)C(=O)O)C1CCCCCC1. The lowest BCUT2D eigenvalue weighted by molar-refractivity contribution is -0.147. The van der Waals surface area contributed by atoms with Gasteiger partial charge in [0.25, 0.3) is 0 Å². The van der Waals surface area contributed by atoms with Crippen molar-refractivity contribution in [2.24, 2.45) is 5.41 Å². The molecule has 0 aromatic heterocycles. The zero-order chi connectivity index (χ0) is 14.3. The van der Waals surface area contributed by atoms with Crippen molar-refractivity contribution in [3.8, 4) is 0 Å². The number of rotatable bonds is 7. The van der Waals surface area contributed by atoms with Crippen molar-refractivity contribution in [1.82, 2.24) is 4.90 Å². The van der Waals surface area contributed by atoms with E-state index in [1.165, 1.54) is 38.5 Å². The van der Waals surface area contributed by atoms with Crippen molar-refractivity contribution in [3.63, 3.8) is 0 Å². The number of unbranched alkanes of at least 4 members (excludes halogenated alkanes) is 1. The van der Waals surface area contributed by atoms with Crippen LogP contribution < -0.4 is 0 Å². The Bertz CT molecular complexity index is 268. The summed E-state index contributed by atoms with van der Waals surface area (Å²) in [6, 6.07) is 0.759. The average Bonchev–Trinajstić information content (AvgIpc) is 2.63. The molecule has 3 nitrogen and oxygen atoms in total. The highest BCUT2D eigenvalue weighted by Crippen LogP contribution is 2.24. The number of carboxylic acid groups (broad SMARTS) is 1. The Kier molecular flexibility index (Phi) is 6.84. The molecule has 0 spiro atoms.